The average Bonchev–Trinajstić information content (AvgIpc) is 2.64. The molecule has 2 N–H and O–H groups in total. The Bertz CT molecular complexity index is 623. The fourth-order valence-corrected chi connectivity index (χ4v) is 3.29. The van der Waals surface area contributed by atoms with Crippen LogP contribution >= 0.6 is 24.0 Å². The Morgan fingerprint density at radius 3 is 2.39 bits per heavy atom. The molecule has 0 aromatic heterocycles. The summed E-state index contributed by atoms with van der Waals surface area (Å²) in [5.74, 6) is 0.368. The molecule has 1 aliphatic heterocycles. The van der Waals surface area contributed by atoms with Gasteiger partial charge in [-0.2, -0.15) is 0 Å². The Labute approximate surface area is 186 Å². The Hall–Kier alpha value is -1.35. The van der Waals surface area contributed by atoms with Crippen molar-refractivity contribution in [3.63, 3.8) is 0 Å². The van der Waals surface area contributed by atoms with Crippen LogP contribution in [0.3, 0.4) is 0 Å². The van der Waals surface area contributed by atoms with Gasteiger partial charge in [0, 0.05) is 32.2 Å². The number of carbonyl (C=O) groups is 1. The van der Waals surface area contributed by atoms with Crippen LogP contribution in [-0.2, 0) is 9.53 Å². The number of esters is 1. The first-order valence-electron chi connectivity index (χ1n) is 9.76. The summed E-state index contributed by atoms with van der Waals surface area (Å²) in [6, 6.07) is 11.4. The zero-order chi connectivity index (χ0) is 19.9. The van der Waals surface area contributed by atoms with Gasteiger partial charge < -0.3 is 15.4 Å². The SMILES string of the molecule is CN=C(NCC(=O)OC(C)(C)C)NC1CCN(C(C)c2ccccc2)CC1.I. The number of likely N-dealkylation sites (tertiary alicyclic amines) is 1. The van der Waals surface area contributed by atoms with Crippen molar-refractivity contribution in [1.82, 2.24) is 15.5 Å². The van der Waals surface area contributed by atoms with Crippen molar-refractivity contribution in [3.8, 4) is 0 Å². The van der Waals surface area contributed by atoms with Crippen molar-refractivity contribution >= 4 is 35.9 Å². The summed E-state index contributed by atoms with van der Waals surface area (Å²) in [7, 11) is 1.72. The van der Waals surface area contributed by atoms with Gasteiger partial charge in [0.25, 0.3) is 0 Å². The molecule has 1 aromatic carbocycles. The van der Waals surface area contributed by atoms with Crippen molar-refractivity contribution in [1.29, 1.82) is 0 Å². The van der Waals surface area contributed by atoms with Crippen molar-refractivity contribution < 1.29 is 9.53 Å². The summed E-state index contributed by atoms with van der Waals surface area (Å²) in [5.41, 5.74) is 0.886. The Morgan fingerprint density at radius 1 is 1.25 bits per heavy atom. The lowest BCUT2D eigenvalue weighted by Crippen LogP contribution is -2.50. The number of guanidine groups is 1. The van der Waals surface area contributed by atoms with E-state index in [0.29, 0.717) is 18.0 Å². The van der Waals surface area contributed by atoms with Gasteiger partial charge in [0.15, 0.2) is 5.96 Å². The number of hydrogen-bond acceptors (Lipinski definition) is 4. The van der Waals surface area contributed by atoms with E-state index in [1.165, 1.54) is 5.56 Å². The Morgan fingerprint density at radius 2 is 1.86 bits per heavy atom. The second kappa shape index (κ2) is 11.6. The van der Waals surface area contributed by atoms with E-state index in [9.17, 15) is 4.79 Å². The van der Waals surface area contributed by atoms with Crippen molar-refractivity contribution in [3.05, 3.63) is 35.9 Å². The Kier molecular flexibility index (Phi) is 10.2. The fourth-order valence-electron chi connectivity index (χ4n) is 3.29. The molecule has 0 bridgehead atoms. The third-order valence-corrected chi connectivity index (χ3v) is 4.74. The van der Waals surface area contributed by atoms with Gasteiger partial charge in [0.2, 0.25) is 0 Å². The van der Waals surface area contributed by atoms with E-state index in [2.05, 4.69) is 57.8 Å². The lowest BCUT2D eigenvalue weighted by atomic mass is 10.0. The largest absolute Gasteiger partial charge is 0.459 e. The second-order valence-electron chi connectivity index (χ2n) is 8.05. The molecule has 28 heavy (non-hydrogen) atoms. The Balaban J connectivity index is 0.00000392. The smallest absolute Gasteiger partial charge is 0.325 e. The van der Waals surface area contributed by atoms with Gasteiger partial charge in [-0.3, -0.25) is 14.7 Å². The highest BCUT2D eigenvalue weighted by Crippen LogP contribution is 2.23. The molecule has 0 amide bonds. The number of nitrogens with zero attached hydrogens (tertiary/aromatic N) is 2. The topological polar surface area (TPSA) is 66.0 Å². The maximum atomic E-state index is 11.8. The van der Waals surface area contributed by atoms with Gasteiger partial charge >= 0.3 is 5.97 Å². The molecule has 6 nitrogen and oxygen atoms in total. The van der Waals surface area contributed by atoms with E-state index < -0.39 is 5.60 Å². The van der Waals surface area contributed by atoms with E-state index in [-0.39, 0.29) is 36.5 Å². The first kappa shape index (κ1) is 24.7. The zero-order valence-electron chi connectivity index (χ0n) is 17.7. The molecule has 1 aromatic rings. The van der Waals surface area contributed by atoms with Crippen LogP contribution in [0.2, 0.25) is 0 Å². The number of halogens is 1. The molecule has 2 rings (SSSR count). The molecular formula is C21H35IN4O2. The number of piperidine rings is 1. The third kappa shape index (κ3) is 8.34. The van der Waals surface area contributed by atoms with E-state index in [4.69, 9.17) is 4.74 Å². The number of benzene rings is 1. The zero-order valence-corrected chi connectivity index (χ0v) is 20.0. The molecule has 0 aliphatic carbocycles. The molecule has 1 aliphatic rings. The van der Waals surface area contributed by atoms with Crippen LogP contribution in [-0.4, -0.2) is 55.2 Å². The van der Waals surface area contributed by atoms with Crippen LogP contribution in [0.1, 0.15) is 52.1 Å². The first-order valence-corrected chi connectivity index (χ1v) is 9.76. The fraction of sp³-hybridized carbons (Fsp3) is 0.619. The molecule has 1 fully saturated rings. The van der Waals surface area contributed by atoms with E-state index >= 15 is 0 Å². The number of hydrogen-bond donors (Lipinski definition) is 2. The van der Waals surface area contributed by atoms with Crippen LogP contribution in [0.5, 0.6) is 0 Å². The normalized spacial score (nSPS) is 17.4. The summed E-state index contributed by atoms with van der Waals surface area (Å²) >= 11 is 0. The van der Waals surface area contributed by atoms with Crippen LogP contribution < -0.4 is 10.6 Å². The van der Waals surface area contributed by atoms with Gasteiger partial charge in [-0.1, -0.05) is 30.3 Å². The number of aliphatic imine (C=N–C) groups is 1. The summed E-state index contributed by atoms with van der Waals surface area (Å²) in [5, 5.41) is 6.48. The quantitative estimate of drug-likeness (QED) is 0.280. The van der Waals surface area contributed by atoms with Crippen LogP contribution in [0.15, 0.2) is 35.3 Å². The molecular weight excluding hydrogens is 467 g/mol. The summed E-state index contributed by atoms with van der Waals surface area (Å²) < 4.78 is 5.31. The van der Waals surface area contributed by atoms with E-state index in [1.807, 2.05) is 20.8 Å². The van der Waals surface area contributed by atoms with Crippen molar-refractivity contribution in [2.75, 3.05) is 26.7 Å². The standard InChI is InChI=1S/C21H34N4O2.HI/c1-16(17-9-7-6-8-10-17)25-13-11-18(12-14-25)24-20(22-5)23-15-19(26)27-21(2,3)4;/h6-10,16,18H,11-15H2,1-5H3,(H2,22,23,24);1H. The molecule has 1 heterocycles. The van der Waals surface area contributed by atoms with E-state index in [1.54, 1.807) is 7.05 Å². The highest BCUT2D eigenvalue weighted by molar-refractivity contribution is 14.0. The second-order valence-corrected chi connectivity index (χ2v) is 8.05. The van der Waals surface area contributed by atoms with Crippen LogP contribution in [0, 0.1) is 0 Å². The van der Waals surface area contributed by atoms with Gasteiger partial charge in [-0.05, 0) is 46.1 Å². The highest BCUT2D eigenvalue weighted by atomic mass is 127. The number of nitrogens with one attached hydrogen (secondary N) is 2. The van der Waals surface area contributed by atoms with Gasteiger partial charge in [-0.25, -0.2) is 0 Å². The van der Waals surface area contributed by atoms with Gasteiger partial charge in [0.05, 0.1) is 0 Å². The summed E-state index contributed by atoms with van der Waals surface area (Å²) in [4.78, 5) is 18.6. The first-order chi connectivity index (χ1) is 12.8. The summed E-state index contributed by atoms with van der Waals surface area (Å²) in [6.07, 6.45) is 2.09. The van der Waals surface area contributed by atoms with Gasteiger partial charge in [0.1, 0.15) is 12.1 Å². The monoisotopic (exact) mass is 502 g/mol. The lowest BCUT2D eigenvalue weighted by Gasteiger charge is -2.37. The highest BCUT2D eigenvalue weighted by Gasteiger charge is 2.24. The van der Waals surface area contributed by atoms with E-state index in [0.717, 1.165) is 25.9 Å². The minimum Gasteiger partial charge on any atom is -0.459 e. The lowest BCUT2D eigenvalue weighted by molar-refractivity contribution is -0.153. The predicted octanol–water partition coefficient (Wildman–Crippen LogP) is 3.34. The molecule has 0 radical (unpaired) electrons. The third-order valence-electron chi connectivity index (χ3n) is 4.74. The minimum absolute atomic E-state index is 0. The average molecular weight is 502 g/mol. The number of rotatable bonds is 5. The van der Waals surface area contributed by atoms with Crippen LogP contribution in [0.25, 0.3) is 0 Å². The molecule has 1 unspecified atom stereocenters. The van der Waals surface area contributed by atoms with Gasteiger partial charge in [-0.15, -0.1) is 24.0 Å². The molecule has 0 saturated carbocycles. The van der Waals surface area contributed by atoms with Crippen LogP contribution in [0.4, 0.5) is 0 Å². The molecule has 158 valence electrons. The maximum absolute atomic E-state index is 11.8. The molecule has 1 atom stereocenters. The molecule has 0 spiro atoms. The van der Waals surface area contributed by atoms with Crippen molar-refractivity contribution in [2.45, 2.75) is 58.2 Å². The van der Waals surface area contributed by atoms with Crippen molar-refractivity contribution in [2.24, 2.45) is 4.99 Å². The minimum atomic E-state index is -0.474. The number of carbonyl (C=O) groups excluding carboxylic acids is 1. The number of ether oxygens (including phenoxy) is 1. The predicted molar refractivity (Wildman–Crippen MR) is 125 cm³/mol. The maximum Gasteiger partial charge on any atom is 0.325 e. The molecule has 7 heteroatoms. The molecule has 1 saturated heterocycles. The summed E-state index contributed by atoms with van der Waals surface area (Å²) in [6.45, 7) is 10.0.